The van der Waals surface area contributed by atoms with E-state index >= 15 is 0 Å². The molecule has 0 bridgehead atoms. The number of carboxylic acids is 1. The third-order valence-electron chi connectivity index (χ3n) is 2.98. The highest BCUT2D eigenvalue weighted by Gasteiger charge is 2.32. The maximum atomic E-state index is 11.6. The van der Waals surface area contributed by atoms with Crippen LogP contribution in [-0.4, -0.2) is 40.5 Å². The predicted molar refractivity (Wildman–Crippen MR) is 65.9 cm³/mol. The molecule has 1 atom stereocenters. The van der Waals surface area contributed by atoms with E-state index in [9.17, 15) is 14.4 Å². The summed E-state index contributed by atoms with van der Waals surface area (Å²) < 4.78 is 0. The molecule has 1 aromatic heterocycles. The smallest absolute Gasteiger partial charge is 0.339 e. The fourth-order valence-electron chi connectivity index (χ4n) is 1.96. The molecule has 0 saturated carbocycles. The van der Waals surface area contributed by atoms with Crippen LogP contribution in [0, 0.1) is 6.92 Å². The Morgan fingerprint density at radius 3 is 2.84 bits per heavy atom. The Morgan fingerprint density at radius 1 is 1.53 bits per heavy atom. The maximum absolute atomic E-state index is 11.6. The van der Waals surface area contributed by atoms with Gasteiger partial charge in [0.05, 0.1) is 12.2 Å². The van der Waals surface area contributed by atoms with Crippen molar-refractivity contribution < 1.29 is 19.5 Å². The molecule has 0 spiro atoms. The Bertz CT molecular complexity index is 570. The zero-order valence-corrected chi connectivity index (χ0v) is 10.5. The van der Waals surface area contributed by atoms with Crippen LogP contribution in [0.25, 0.3) is 0 Å². The van der Waals surface area contributed by atoms with E-state index in [1.54, 1.807) is 19.9 Å². The van der Waals surface area contributed by atoms with E-state index in [0.29, 0.717) is 11.4 Å². The lowest BCUT2D eigenvalue weighted by atomic mass is 10.1. The first-order valence-corrected chi connectivity index (χ1v) is 5.70. The van der Waals surface area contributed by atoms with Crippen molar-refractivity contribution in [1.82, 2.24) is 10.3 Å². The number of carbonyl (C=O) groups is 3. The predicted octanol–water partition coefficient (Wildman–Crippen LogP) is -0.0605. The number of amides is 2. The van der Waals surface area contributed by atoms with Gasteiger partial charge in [-0.3, -0.25) is 19.9 Å². The summed E-state index contributed by atoms with van der Waals surface area (Å²) in [7, 11) is 0. The molecule has 0 aromatic carbocycles. The molecule has 2 amide bonds. The molecule has 0 aliphatic carbocycles. The van der Waals surface area contributed by atoms with Crippen LogP contribution in [0.1, 0.15) is 23.0 Å². The minimum Gasteiger partial charge on any atom is -0.478 e. The van der Waals surface area contributed by atoms with Crippen molar-refractivity contribution in [2.45, 2.75) is 19.9 Å². The quantitative estimate of drug-likeness (QED) is 0.725. The number of aryl methyl sites for hydroxylation is 1. The Morgan fingerprint density at radius 2 is 2.21 bits per heavy atom. The van der Waals surface area contributed by atoms with Crippen LogP contribution in [-0.2, 0) is 9.59 Å². The summed E-state index contributed by atoms with van der Waals surface area (Å²) in [5.41, 5.74) is 0.918. The first-order chi connectivity index (χ1) is 8.90. The average molecular weight is 263 g/mol. The summed E-state index contributed by atoms with van der Waals surface area (Å²) in [4.78, 5) is 39.6. The van der Waals surface area contributed by atoms with Gasteiger partial charge in [0.1, 0.15) is 11.6 Å². The fraction of sp³-hybridized carbons (Fsp3) is 0.333. The van der Waals surface area contributed by atoms with E-state index in [1.807, 2.05) is 0 Å². The third-order valence-corrected chi connectivity index (χ3v) is 2.98. The van der Waals surface area contributed by atoms with Crippen LogP contribution in [0.15, 0.2) is 12.3 Å². The molecule has 2 rings (SSSR count). The van der Waals surface area contributed by atoms with Gasteiger partial charge in [-0.05, 0) is 19.9 Å². The van der Waals surface area contributed by atoms with Gasteiger partial charge in [0, 0.05) is 11.9 Å². The number of aromatic carboxylic acids is 1. The number of aromatic nitrogens is 1. The summed E-state index contributed by atoms with van der Waals surface area (Å²) >= 11 is 0. The molecule has 1 aromatic rings. The standard InChI is InChI=1S/C12H13N3O4/c1-6-3-9(8(4-13-6)12(18)19)15-5-10(16)14-11(17)7(15)2/h3-4,7H,5H2,1-2H3,(H,18,19)(H,14,16,17). The number of piperazine rings is 1. The molecule has 2 heterocycles. The first-order valence-electron chi connectivity index (χ1n) is 5.70. The molecule has 1 fully saturated rings. The van der Waals surface area contributed by atoms with Crippen molar-refractivity contribution in [1.29, 1.82) is 0 Å². The van der Waals surface area contributed by atoms with Gasteiger partial charge in [0.15, 0.2) is 0 Å². The van der Waals surface area contributed by atoms with Crippen LogP contribution >= 0.6 is 0 Å². The summed E-state index contributed by atoms with van der Waals surface area (Å²) in [6.45, 7) is 3.27. The second-order valence-electron chi connectivity index (χ2n) is 4.36. The second-order valence-corrected chi connectivity index (χ2v) is 4.36. The molecule has 19 heavy (non-hydrogen) atoms. The molecule has 1 aliphatic rings. The number of hydrogen-bond donors (Lipinski definition) is 2. The number of carbonyl (C=O) groups excluding carboxylic acids is 2. The van der Waals surface area contributed by atoms with E-state index in [1.165, 1.54) is 11.1 Å². The number of nitrogens with zero attached hydrogens (tertiary/aromatic N) is 2. The number of nitrogens with one attached hydrogen (secondary N) is 1. The Balaban J connectivity index is 2.50. The van der Waals surface area contributed by atoms with E-state index < -0.39 is 23.8 Å². The molecular weight excluding hydrogens is 250 g/mol. The van der Waals surface area contributed by atoms with E-state index in [-0.39, 0.29) is 12.1 Å². The van der Waals surface area contributed by atoms with Gasteiger partial charge in [-0.1, -0.05) is 0 Å². The Labute approximate surface area is 109 Å². The molecule has 1 unspecified atom stereocenters. The highest BCUT2D eigenvalue weighted by atomic mass is 16.4. The molecule has 7 nitrogen and oxygen atoms in total. The first kappa shape index (κ1) is 13.0. The highest BCUT2D eigenvalue weighted by Crippen LogP contribution is 2.24. The number of anilines is 1. The van der Waals surface area contributed by atoms with Gasteiger partial charge in [0.25, 0.3) is 0 Å². The fourth-order valence-corrected chi connectivity index (χ4v) is 1.96. The zero-order valence-electron chi connectivity index (χ0n) is 10.5. The van der Waals surface area contributed by atoms with Crippen LogP contribution in [0.3, 0.4) is 0 Å². The normalized spacial score (nSPS) is 19.3. The minimum absolute atomic E-state index is 0.0278. The monoisotopic (exact) mass is 263 g/mol. The Hall–Kier alpha value is -2.44. The minimum atomic E-state index is -1.15. The number of hydrogen-bond acceptors (Lipinski definition) is 5. The van der Waals surface area contributed by atoms with Crippen LogP contribution < -0.4 is 10.2 Å². The lowest BCUT2D eigenvalue weighted by Crippen LogP contribution is -2.57. The molecular formula is C12H13N3O4. The molecule has 7 heteroatoms. The van der Waals surface area contributed by atoms with Gasteiger partial charge < -0.3 is 10.0 Å². The van der Waals surface area contributed by atoms with Crippen molar-refractivity contribution in [3.63, 3.8) is 0 Å². The van der Waals surface area contributed by atoms with Crippen molar-refractivity contribution in [2.24, 2.45) is 0 Å². The van der Waals surface area contributed by atoms with Gasteiger partial charge in [-0.2, -0.15) is 0 Å². The van der Waals surface area contributed by atoms with Crippen LogP contribution in [0.4, 0.5) is 5.69 Å². The highest BCUT2D eigenvalue weighted by molar-refractivity contribution is 6.06. The Kier molecular flexibility index (Phi) is 3.20. The number of pyridine rings is 1. The lowest BCUT2D eigenvalue weighted by Gasteiger charge is -2.34. The third kappa shape index (κ3) is 2.40. The molecule has 100 valence electrons. The van der Waals surface area contributed by atoms with Crippen molar-refractivity contribution in [3.8, 4) is 0 Å². The summed E-state index contributed by atoms with van der Waals surface area (Å²) in [6.07, 6.45) is 1.23. The summed E-state index contributed by atoms with van der Waals surface area (Å²) in [5, 5.41) is 11.4. The van der Waals surface area contributed by atoms with E-state index in [4.69, 9.17) is 5.11 Å². The SMILES string of the molecule is Cc1cc(N2CC(=O)NC(=O)C2C)c(C(=O)O)cn1. The average Bonchev–Trinajstić information content (AvgIpc) is 2.33. The maximum Gasteiger partial charge on any atom is 0.339 e. The van der Waals surface area contributed by atoms with Crippen LogP contribution in [0.2, 0.25) is 0 Å². The van der Waals surface area contributed by atoms with E-state index in [0.717, 1.165) is 0 Å². The topological polar surface area (TPSA) is 99.6 Å². The number of carboxylic acid groups (broad SMARTS) is 1. The molecule has 0 radical (unpaired) electrons. The van der Waals surface area contributed by atoms with Gasteiger partial charge in [-0.25, -0.2) is 4.79 Å². The molecule has 2 N–H and O–H groups in total. The van der Waals surface area contributed by atoms with Gasteiger partial charge in [-0.15, -0.1) is 0 Å². The van der Waals surface area contributed by atoms with Crippen molar-refractivity contribution in [3.05, 3.63) is 23.5 Å². The number of rotatable bonds is 2. The van der Waals surface area contributed by atoms with Gasteiger partial charge >= 0.3 is 5.97 Å². The largest absolute Gasteiger partial charge is 0.478 e. The van der Waals surface area contributed by atoms with Gasteiger partial charge in [0.2, 0.25) is 11.8 Å². The van der Waals surface area contributed by atoms with Crippen LogP contribution in [0.5, 0.6) is 0 Å². The number of imide groups is 1. The molecule has 1 saturated heterocycles. The molecule has 1 aliphatic heterocycles. The zero-order chi connectivity index (χ0) is 14.2. The summed E-state index contributed by atoms with van der Waals surface area (Å²) in [6, 6.07) is 0.948. The lowest BCUT2D eigenvalue weighted by molar-refractivity contribution is -0.132. The van der Waals surface area contributed by atoms with Crippen molar-refractivity contribution >= 4 is 23.5 Å². The van der Waals surface area contributed by atoms with Crippen molar-refractivity contribution in [2.75, 3.05) is 11.4 Å². The van der Waals surface area contributed by atoms with E-state index in [2.05, 4.69) is 10.3 Å². The second kappa shape index (κ2) is 4.68. The summed E-state index contributed by atoms with van der Waals surface area (Å²) in [5.74, 6) is -2.04.